The summed E-state index contributed by atoms with van der Waals surface area (Å²) in [5, 5.41) is 9.42. The van der Waals surface area contributed by atoms with Crippen molar-refractivity contribution in [1.82, 2.24) is 9.88 Å². The number of nitrogens with two attached hydrogens (primary N) is 1. The highest BCUT2D eigenvalue weighted by Gasteiger charge is 2.39. The number of rotatable bonds is 3. The lowest BCUT2D eigenvalue weighted by molar-refractivity contribution is -0.142. The lowest BCUT2D eigenvalue weighted by atomic mass is 10.0. The zero-order valence-electron chi connectivity index (χ0n) is 10.6. The van der Waals surface area contributed by atoms with Gasteiger partial charge in [0, 0.05) is 7.05 Å². The van der Waals surface area contributed by atoms with Gasteiger partial charge in [0.1, 0.15) is 10.8 Å². The Labute approximate surface area is 114 Å². The van der Waals surface area contributed by atoms with E-state index in [2.05, 4.69) is 4.98 Å². The van der Waals surface area contributed by atoms with E-state index in [0.717, 1.165) is 11.3 Å². The summed E-state index contributed by atoms with van der Waals surface area (Å²) in [7, 11) is 1.58. The minimum atomic E-state index is -0.956. The number of carbonyl (C=O) groups excluding carboxylic acids is 1. The monoisotopic (exact) mass is 285 g/mol. The number of carbonyl (C=O) groups is 2. The molecular weight excluding hydrogens is 270 g/mol. The average molecular weight is 285 g/mol. The summed E-state index contributed by atoms with van der Waals surface area (Å²) in [5.41, 5.74) is 6.12. The summed E-state index contributed by atoms with van der Waals surface area (Å²) in [6, 6.07) is -0.465. The van der Waals surface area contributed by atoms with Gasteiger partial charge in [0.25, 0.3) is 5.91 Å². The van der Waals surface area contributed by atoms with E-state index in [0.29, 0.717) is 15.7 Å². The van der Waals surface area contributed by atoms with Gasteiger partial charge in [0.15, 0.2) is 5.13 Å². The third kappa shape index (κ3) is 2.54. The molecule has 1 saturated heterocycles. The zero-order valence-corrected chi connectivity index (χ0v) is 11.4. The van der Waals surface area contributed by atoms with Crippen LogP contribution in [0.3, 0.4) is 0 Å². The van der Waals surface area contributed by atoms with Crippen molar-refractivity contribution in [1.29, 1.82) is 0 Å². The highest BCUT2D eigenvalue weighted by atomic mass is 32.1. The lowest BCUT2D eigenvalue weighted by Gasteiger charge is -2.25. The third-order valence-corrected chi connectivity index (χ3v) is 4.17. The maximum Gasteiger partial charge on any atom is 0.311 e. The fourth-order valence-corrected chi connectivity index (χ4v) is 2.90. The van der Waals surface area contributed by atoms with E-state index in [1.807, 2.05) is 0 Å². The molecule has 2 atom stereocenters. The lowest BCUT2D eigenvalue weighted by Crippen LogP contribution is -2.44. The van der Waals surface area contributed by atoms with Gasteiger partial charge in [-0.15, -0.1) is 0 Å². The molecule has 0 saturated carbocycles. The fraction of sp³-hybridized carbons (Fsp3) is 0.545. The van der Waals surface area contributed by atoms with Gasteiger partial charge in [-0.3, -0.25) is 9.59 Å². The van der Waals surface area contributed by atoms with E-state index in [1.165, 1.54) is 4.90 Å². The van der Waals surface area contributed by atoms with Crippen molar-refractivity contribution in [3.05, 3.63) is 10.6 Å². The Kier molecular flexibility index (Phi) is 3.72. The van der Waals surface area contributed by atoms with E-state index < -0.39 is 17.9 Å². The molecule has 1 amide bonds. The minimum absolute atomic E-state index is 0.126. The third-order valence-electron chi connectivity index (χ3n) is 3.19. The molecule has 0 spiro atoms. The molecule has 0 aliphatic carbocycles. The Morgan fingerprint density at radius 1 is 1.53 bits per heavy atom. The predicted octanol–water partition coefficient (Wildman–Crippen LogP) is 0.205. The van der Waals surface area contributed by atoms with Gasteiger partial charge in [-0.1, -0.05) is 11.3 Å². The Morgan fingerprint density at radius 3 is 2.74 bits per heavy atom. The van der Waals surface area contributed by atoms with Gasteiger partial charge >= 0.3 is 5.97 Å². The summed E-state index contributed by atoms with van der Waals surface area (Å²) in [6.07, 6.45) is 0. The first kappa shape index (κ1) is 13.8. The van der Waals surface area contributed by atoms with Crippen molar-refractivity contribution in [2.45, 2.75) is 13.0 Å². The number of hydrogen-bond acceptors (Lipinski definition) is 6. The van der Waals surface area contributed by atoms with Crippen LogP contribution >= 0.6 is 11.3 Å². The number of carboxylic acid groups (broad SMARTS) is 1. The molecule has 1 aliphatic heterocycles. The van der Waals surface area contributed by atoms with Crippen molar-refractivity contribution in [3.63, 3.8) is 0 Å². The van der Waals surface area contributed by atoms with Gasteiger partial charge in [-0.25, -0.2) is 4.98 Å². The fourth-order valence-electron chi connectivity index (χ4n) is 2.09. The highest BCUT2D eigenvalue weighted by molar-refractivity contribution is 7.17. The topological polar surface area (TPSA) is 106 Å². The molecule has 0 bridgehead atoms. The van der Waals surface area contributed by atoms with Crippen LogP contribution in [-0.4, -0.2) is 53.2 Å². The molecule has 19 heavy (non-hydrogen) atoms. The van der Waals surface area contributed by atoms with Crippen LogP contribution in [0.1, 0.15) is 15.4 Å². The van der Waals surface area contributed by atoms with Crippen molar-refractivity contribution >= 4 is 28.3 Å². The maximum absolute atomic E-state index is 12.3. The Balaban J connectivity index is 2.19. The number of carboxylic acids is 1. The van der Waals surface area contributed by atoms with Crippen LogP contribution in [0.25, 0.3) is 0 Å². The number of nitrogen functional groups attached to an aromatic ring is 1. The average Bonchev–Trinajstić information content (AvgIpc) is 2.93. The minimum Gasteiger partial charge on any atom is -0.481 e. The molecular formula is C11H15N3O4S. The molecule has 0 radical (unpaired) electrons. The number of aromatic nitrogens is 1. The largest absolute Gasteiger partial charge is 0.481 e. The van der Waals surface area contributed by atoms with Gasteiger partial charge < -0.3 is 20.5 Å². The Hall–Kier alpha value is -1.67. The standard InChI is InChI=1S/C11H15N3O4S/c1-5-8(19-11(12)13-5)9(15)14(2)7-4-18-3-6(7)10(16)17/h6-7H,3-4H2,1-2H3,(H2,12,13)(H,16,17). The number of hydrogen-bond donors (Lipinski definition) is 2. The van der Waals surface area contributed by atoms with Crippen LogP contribution in [0.5, 0.6) is 0 Å². The van der Waals surface area contributed by atoms with E-state index in [4.69, 9.17) is 15.6 Å². The van der Waals surface area contributed by atoms with Crippen LogP contribution in [0, 0.1) is 12.8 Å². The number of aliphatic carboxylic acids is 1. The van der Waals surface area contributed by atoms with Gasteiger partial charge in [0.05, 0.1) is 24.9 Å². The van der Waals surface area contributed by atoms with Crippen LogP contribution in [0.15, 0.2) is 0 Å². The quantitative estimate of drug-likeness (QED) is 0.822. The summed E-state index contributed by atoms with van der Waals surface area (Å²) in [4.78, 5) is 29.3. The molecule has 1 aliphatic rings. The molecule has 8 heteroatoms. The van der Waals surface area contributed by atoms with Crippen LogP contribution in [-0.2, 0) is 9.53 Å². The second kappa shape index (κ2) is 5.14. The highest BCUT2D eigenvalue weighted by Crippen LogP contribution is 2.25. The van der Waals surface area contributed by atoms with Crippen molar-refractivity contribution in [3.8, 4) is 0 Å². The van der Waals surface area contributed by atoms with E-state index in [9.17, 15) is 9.59 Å². The first-order valence-electron chi connectivity index (χ1n) is 5.72. The van der Waals surface area contributed by atoms with Crippen LogP contribution in [0.2, 0.25) is 0 Å². The van der Waals surface area contributed by atoms with Crippen LogP contribution in [0.4, 0.5) is 5.13 Å². The Morgan fingerprint density at radius 2 is 2.21 bits per heavy atom. The van der Waals surface area contributed by atoms with Crippen molar-refractivity contribution in [2.75, 3.05) is 26.0 Å². The SMILES string of the molecule is Cc1nc(N)sc1C(=O)N(C)C1COCC1C(=O)O. The number of anilines is 1. The Bertz CT molecular complexity index is 516. The molecule has 3 N–H and O–H groups in total. The van der Waals surface area contributed by atoms with Gasteiger partial charge in [-0.05, 0) is 6.92 Å². The normalized spacial score (nSPS) is 22.4. The molecule has 1 aromatic heterocycles. The summed E-state index contributed by atoms with van der Waals surface area (Å²) < 4.78 is 5.16. The first-order chi connectivity index (χ1) is 8.91. The number of amides is 1. The number of nitrogens with zero attached hydrogens (tertiary/aromatic N) is 2. The number of ether oxygens (including phenoxy) is 1. The molecule has 2 heterocycles. The second-order valence-electron chi connectivity index (χ2n) is 4.43. The van der Waals surface area contributed by atoms with E-state index in [1.54, 1.807) is 14.0 Å². The van der Waals surface area contributed by atoms with Crippen molar-refractivity contribution < 1.29 is 19.4 Å². The molecule has 0 aromatic carbocycles. The first-order valence-corrected chi connectivity index (χ1v) is 6.54. The zero-order chi connectivity index (χ0) is 14.2. The number of thiazole rings is 1. The molecule has 2 unspecified atom stereocenters. The van der Waals surface area contributed by atoms with Gasteiger partial charge in [0.2, 0.25) is 0 Å². The van der Waals surface area contributed by atoms with Crippen molar-refractivity contribution in [2.24, 2.45) is 5.92 Å². The predicted molar refractivity (Wildman–Crippen MR) is 69.1 cm³/mol. The van der Waals surface area contributed by atoms with E-state index >= 15 is 0 Å². The molecule has 104 valence electrons. The summed E-state index contributed by atoms with van der Waals surface area (Å²) in [6.45, 7) is 2.06. The summed E-state index contributed by atoms with van der Waals surface area (Å²) in [5.74, 6) is -1.92. The molecule has 1 aromatic rings. The summed E-state index contributed by atoms with van der Waals surface area (Å²) >= 11 is 1.11. The van der Waals surface area contributed by atoms with Crippen LogP contribution < -0.4 is 5.73 Å². The molecule has 7 nitrogen and oxygen atoms in total. The van der Waals surface area contributed by atoms with E-state index in [-0.39, 0.29) is 19.1 Å². The number of aryl methyl sites for hydroxylation is 1. The molecule has 1 fully saturated rings. The van der Waals surface area contributed by atoms with Gasteiger partial charge in [-0.2, -0.15) is 0 Å². The maximum atomic E-state index is 12.3. The number of likely N-dealkylation sites (N-methyl/N-ethyl adjacent to an activating group) is 1. The second-order valence-corrected chi connectivity index (χ2v) is 5.46. The smallest absolute Gasteiger partial charge is 0.311 e. The molecule has 2 rings (SSSR count).